The zero-order chi connectivity index (χ0) is 20.4. The number of benzene rings is 2. The average Bonchev–Trinajstić information content (AvgIpc) is 2.75. The number of ether oxygens (including phenoxy) is 1. The Balaban J connectivity index is 1.60. The molecule has 7 heteroatoms. The molecule has 0 radical (unpaired) electrons. The van der Waals surface area contributed by atoms with Crippen LogP contribution in [-0.4, -0.2) is 41.6 Å². The van der Waals surface area contributed by atoms with Gasteiger partial charge in [0.05, 0.1) is 25.7 Å². The van der Waals surface area contributed by atoms with Crippen molar-refractivity contribution in [2.45, 2.75) is 32.1 Å². The molecule has 2 heterocycles. The Morgan fingerprint density at radius 1 is 1.10 bits per heavy atom. The molecule has 6 nitrogen and oxygen atoms in total. The minimum atomic E-state index is -0.362. The minimum Gasteiger partial charge on any atom is -0.497 e. The van der Waals surface area contributed by atoms with Gasteiger partial charge in [-0.15, -0.1) is 0 Å². The van der Waals surface area contributed by atoms with Crippen molar-refractivity contribution in [3.63, 3.8) is 0 Å². The fourth-order valence-corrected chi connectivity index (χ4v) is 4.08. The third-order valence-electron chi connectivity index (χ3n) is 5.56. The minimum absolute atomic E-state index is 0.154. The maximum Gasteiger partial charge on any atom is 0.328 e. The summed E-state index contributed by atoms with van der Waals surface area (Å²) in [5, 5.41) is 3.31. The smallest absolute Gasteiger partial charge is 0.328 e. The summed E-state index contributed by atoms with van der Waals surface area (Å²) in [6, 6.07) is 13.2. The van der Waals surface area contributed by atoms with Gasteiger partial charge in [0.1, 0.15) is 11.6 Å². The number of urea groups is 1. The van der Waals surface area contributed by atoms with E-state index >= 15 is 0 Å². The first kappa shape index (κ1) is 19.4. The Labute approximate surface area is 169 Å². The number of imide groups is 1. The Kier molecular flexibility index (Phi) is 5.49. The van der Waals surface area contributed by atoms with Crippen molar-refractivity contribution in [1.29, 1.82) is 0 Å². The molecule has 29 heavy (non-hydrogen) atoms. The van der Waals surface area contributed by atoms with E-state index in [1.807, 2.05) is 24.3 Å². The van der Waals surface area contributed by atoms with Gasteiger partial charge in [-0.3, -0.25) is 15.0 Å². The van der Waals surface area contributed by atoms with Gasteiger partial charge in [-0.2, -0.15) is 0 Å². The predicted molar refractivity (Wildman–Crippen MR) is 105 cm³/mol. The molecule has 2 aromatic rings. The van der Waals surface area contributed by atoms with Gasteiger partial charge in [-0.1, -0.05) is 24.3 Å². The van der Waals surface area contributed by atoms with E-state index in [0.717, 1.165) is 24.9 Å². The highest BCUT2D eigenvalue weighted by atomic mass is 19.1. The normalized spacial score (nSPS) is 21.9. The van der Waals surface area contributed by atoms with E-state index in [0.29, 0.717) is 11.3 Å². The lowest BCUT2D eigenvalue weighted by Gasteiger charge is -2.47. The molecule has 1 N–H and O–H groups in total. The molecule has 152 valence electrons. The second-order valence-electron chi connectivity index (χ2n) is 7.46. The van der Waals surface area contributed by atoms with Crippen LogP contribution in [0.3, 0.4) is 0 Å². The SMILES string of the molecule is COc1ccc(CN2C(=O)C3CCCNC3N(Cc3cccc(F)c3)C2=O)cc1. The molecular formula is C22H24FN3O3. The highest BCUT2D eigenvalue weighted by molar-refractivity contribution is 5.98. The summed E-state index contributed by atoms with van der Waals surface area (Å²) in [6.07, 6.45) is 1.24. The average molecular weight is 397 g/mol. The van der Waals surface area contributed by atoms with Crippen LogP contribution in [0.25, 0.3) is 0 Å². The molecule has 0 saturated carbocycles. The molecule has 2 saturated heterocycles. The Morgan fingerprint density at radius 3 is 2.62 bits per heavy atom. The molecule has 2 unspecified atom stereocenters. The van der Waals surface area contributed by atoms with Crippen molar-refractivity contribution >= 4 is 11.9 Å². The van der Waals surface area contributed by atoms with Gasteiger partial charge in [0, 0.05) is 6.54 Å². The first-order valence-corrected chi connectivity index (χ1v) is 9.79. The lowest BCUT2D eigenvalue weighted by molar-refractivity contribution is -0.142. The molecule has 0 bridgehead atoms. The molecule has 0 spiro atoms. The molecule has 2 aliphatic heterocycles. The molecule has 2 atom stereocenters. The Morgan fingerprint density at radius 2 is 1.90 bits per heavy atom. The summed E-state index contributed by atoms with van der Waals surface area (Å²) in [7, 11) is 1.59. The van der Waals surface area contributed by atoms with Crippen LogP contribution in [0.5, 0.6) is 5.75 Å². The lowest BCUT2D eigenvalue weighted by Crippen LogP contribution is -2.66. The van der Waals surface area contributed by atoms with E-state index in [2.05, 4.69) is 5.32 Å². The summed E-state index contributed by atoms with van der Waals surface area (Å²) in [5.41, 5.74) is 1.55. The van der Waals surface area contributed by atoms with Crippen LogP contribution in [-0.2, 0) is 17.9 Å². The van der Waals surface area contributed by atoms with Gasteiger partial charge < -0.3 is 9.64 Å². The number of methoxy groups -OCH3 is 1. The number of carbonyl (C=O) groups is 2. The van der Waals surface area contributed by atoms with Gasteiger partial charge in [-0.25, -0.2) is 9.18 Å². The summed E-state index contributed by atoms with van der Waals surface area (Å²) < 4.78 is 18.8. The zero-order valence-electron chi connectivity index (χ0n) is 16.3. The highest BCUT2D eigenvalue weighted by Crippen LogP contribution is 2.30. The molecule has 0 aliphatic carbocycles. The van der Waals surface area contributed by atoms with E-state index in [-0.39, 0.29) is 42.9 Å². The number of hydrogen-bond acceptors (Lipinski definition) is 4. The summed E-state index contributed by atoms with van der Waals surface area (Å²) in [5.74, 6) is -0.0765. The van der Waals surface area contributed by atoms with Gasteiger partial charge in [-0.05, 0) is 54.8 Å². The maximum absolute atomic E-state index is 13.6. The Bertz CT molecular complexity index is 902. The van der Waals surface area contributed by atoms with Crippen molar-refractivity contribution in [2.75, 3.05) is 13.7 Å². The number of nitrogens with one attached hydrogen (secondary N) is 1. The third-order valence-corrected chi connectivity index (χ3v) is 5.56. The first-order chi connectivity index (χ1) is 14.1. The quantitative estimate of drug-likeness (QED) is 0.842. The number of fused-ring (bicyclic) bond motifs is 1. The summed E-state index contributed by atoms with van der Waals surface area (Å²) in [6.45, 7) is 1.20. The van der Waals surface area contributed by atoms with Crippen molar-refractivity contribution < 1.29 is 18.7 Å². The first-order valence-electron chi connectivity index (χ1n) is 9.79. The van der Waals surface area contributed by atoms with E-state index < -0.39 is 0 Å². The van der Waals surface area contributed by atoms with E-state index in [9.17, 15) is 14.0 Å². The molecule has 2 aromatic carbocycles. The monoisotopic (exact) mass is 397 g/mol. The number of rotatable bonds is 5. The van der Waals surface area contributed by atoms with Gasteiger partial charge in [0.15, 0.2) is 0 Å². The number of halogens is 1. The second-order valence-corrected chi connectivity index (χ2v) is 7.46. The van der Waals surface area contributed by atoms with Crippen LogP contribution < -0.4 is 10.1 Å². The van der Waals surface area contributed by atoms with Gasteiger partial charge in [0.25, 0.3) is 0 Å². The fourth-order valence-electron chi connectivity index (χ4n) is 4.08. The van der Waals surface area contributed by atoms with Crippen molar-refractivity contribution in [2.24, 2.45) is 5.92 Å². The fraction of sp³-hybridized carbons (Fsp3) is 0.364. The van der Waals surface area contributed by atoms with Gasteiger partial charge in [0.2, 0.25) is 5.91 Å². The second kappa shape index (κ2) is 8.21. The predicted octanol–water partition coefficient (Wildman–Crippen LogP) is 3.12. The van der Waals surface area contributed by atoms with Crippen LogP contribution in [0.15, 0.2) is 48.5 Å². The number of carbonyl (C=O) groups excluding carboxylic acids is 2. The zero-order valence-corrected chi connectivity index (χ0v) is 16.3. The topological polar surface area (TPSA) is 61.9 Å². The standard InChI is InChI=1S/C22H24FN3O3/c1-29-18-9-7-15(8-10-18)13-26-21(27)19-6-3-11-24-20(19)25(22(26)28)14-16-4-2-5-17(23)12-16/h2,4-5,7-10,12,19-20,24H,3,6,11,13-14H2,1H3. The number of piperidine rings is 1. The van der Waals surface area contributed by atoms with Crippen LogP contribution in [0.2, 0.25) is 0 Å². The van der Waals surface area contributed by atoms with Crippen LogP contribution in [0, 0.1) is 11.7 Å². The Hall–Kier alpha value is -2.93. The maximum atomic E-state index is 13.6. The number of amides is 3. The number of nitrogens with zero attached hydrogens (tertiary/aromatic N) is 2. The highest BCUT2D eigenvalue weighted by Gasteiger charge is 2.46. The molecular weight excluding hydrogens is 373 g/mol. The summed E-state index contributed by atoms with van der Waals surface area (Å²) in [4.78, 5) is 29.4. The van der Waals surface area contributed by atoms with Gasteiger partial charge >= 0.3 is 6.03 Å². The summed E-state index contributed by atoms with van der Waals surface area (Å²) >= 11 is 0. The largest absolute Gasteiger partial charge is 0.497 e. The third kappa shape index (κ3) is 3.96. The van der Waals surface area contributed by atoms with E-state index in [1.165, 1.54) is 17.0 Å². The molecule has 3 amide bonds. The van der Waals surface area contributed by atoms with Crippen LogP contribution in [0.1, 0.15) is 24.0 Å². The molecule has 0 aromatic heterocycles. The molecule has 2 fully saturated rings. The molecule has 4 rings (SSSR count). The number of hydrogen-bond donors (Lipinski definition) is 1. The van der Waals surface area contributed by atoms with E-state index in [4.69, 9.17) is 4.74 Å². The van der Waals surface area contributed by atoms with E-state index in [1.54, 1.807) is 24.1 Å². The van der Waals surface area contributed by atoms with Crippen molar-refractivity contribution in [3.8, 4) is 5.75 Å². The molecule has 2 aliphatic rings. The van der Waals surface area contributed by atoms with Crippen molar-refractivity contribution in [3.05, 3.63) is 65.5 Å². The van der Waals surface area contributed by atoms with Crippen molar-refractivity contribution in [1.82, 2.24) is 15.1 Å². The lowest BCUT2D eigenvalue weighted by atomic mass is 9.91. The van der Waals surface area contributed by atoms with Crippen LogP contribution >= 0.6 is 0 Å². The van der Waals surface area contributed by atoms with Crippen LogP contribution in [0.4, 0.5) is 9.18 Å².